The maximum atomic E-state index is 11.3. The molecule has 4 rings (SSSR count). The van der Waals surface area contributed by atoms with E-state index in [1.165, 1.54) is 0 Å². The third kappa shape index (κ3) is 1.88. The number of hydrogen-bond donors (Lipinski definition) is 2. The van der Waals surface area contributed by atoms with Crippen LogP contribution in [0.3, 0.4) is 0 Å². The third-order valence-electron chi connectivity index (χ3n) is 4.98. The molecule has 1 saturated carbocycles. The molecule has 0 bridgehead atoms. The zero-order chi connectivity index (χ0) is 14.6. The van der Waals surface area contributed by atoms with Crippen LogP contribution in [0.25, 0.3) is 0 Å². The zero-order valence-corrected chi connectivity index (χ0v) is 11.6. The average molecular weight is 290 g/mol. The van der Waals surface area contributed by atoms with Gasteiger partial charge in [-0.15, -0.1) is 0 Å². The highest BCUT2D eigenvalue weighted by molar-refractivity contribution is 5.72. The van der Waals surface area contributed by atoms with Crippen LogP contribution >= 0.6 is 0 Å². The Balaban J connectivity index is 1.72. The second-order valence-corrected chi connectivity index (χ2v) is 6.11. The fourth-order valence-electron chi connectivity index (χ4n) is 3.98. The quantitative estimate of drug-likeness (QED) is 0.803. The van der Waals surface area contributed by atoms with Gasteiger partial charge in [0.1, 0.15) is 18.0 Å². The summed E-state index contributed by atoms with van der Waals surface area (Å²) in [6, 6.07) is 5.86. The van der Waals surface area contributed by atoms with Crippen molar-refractivity contribution in [3.8, 4) is 5.75 Å². The molecule has 5 nitrogen and oxygen atoms in total. The van der Waals surface area contributed by atoms with Crippen molar-refractivity contribution in [2.75, 3.05) is 6.61 Å². The Hall–Kier alpha value is -1.59. The van der Waals surface area contributed by atoms with Crippen molar-refractivity contribution >= 4 is 5.97 Å². The summed E-state index contributed by atoms with van der Waals surface area (Å²) in [6.45, 7) is -0.0478. The van der Waals surface area contributed by atoms with E-state index in [9.17, 15) is 15.0 Å². The van der Waals surface area contributed by atoms with Gasteiger partial charge in [0.2, 0.25) is 0 Å². The van der Waals surface area contributed by atoms with Crippen LogP contribution in [0.2, 0.25) is 0 Å². The maximum Gasteiger partial charge on any atom is 0.306 e. The molecule has 1 saturated heterocycles. The summed E-state index contributed by atoms with van der Waals surface area (Å²) in [6.07, 6.45) is 0.813. The van der Waals surface area contributed by atoms with Crippen LogP contribution < -0.4 is 4.74 Å². The minimum Gasteiger partial charge on any atom is -0.489 e. The molecule has 2 N–H and O–H groups in total. The van der Waals surface area contributed by atoms with Gasteiger partial charge in [-0.1, -0.05) is 18.2 Å². The van der Waals surface area contributed by atoms with Crippen LogP contribution in [0.4, 0.5) is 0 Å². The Morgan fingerprint density at radius 2 is 2.05 bits per heavy atom. The summed E-state index contributed by atoms with van der Waals surface area (Å²) in [5.41, 5.74) is 1.94. The number of fused-ring (bicyclic) bond motifs is 3. The van der Waals surface area contributed by atoms with E-state index >= 15 is 0 Å². The van der Waals surface area contributed by atoms with Gasteiger partial charge in [0.15, 0.2) is 0 Å². The molecule has 0 spiro atoms. The molecule has 0 radical (unpaired) electrons. The van der Waals surface area contributed by atoms with E-state index in [2.05, 4.69) is 0 Å². The predicted octanol–water partition coefficient (Wildman–Crippen LogP) is 1.28. The van der Waals surface area contributed by atoms with Crippen LogP contribution in [-0.4, -0.2) is 35.0 Å². The lowest BCUT2D eigenvalue weighted by atomic mass is 9.87. The number of aliphatic hydroxyl groups is 2. The normalized spacial score (nSPS) is 37.0. The van der Waals surface area contributed by atoms with Crippen molar-refractivity contribution in [2.24, 2.45) is 5.92 Å². The number of aliphatic hydroxyl groups excluding tert-OH is 2. The SMILES string of the molecule is O=C1CCC(c2cccc3c2O[C@H]2C[C@@H](O)[C@H](CO)[C@@H]32)O1. The summed E-state index contributed by atoms with van der Waals surface area (Å²) in [7, 11) is 0. The number of carbonyl (C=O) groups is 1. The molecule has 0 amide bonds. The molecule has 2 aliphatic heterocycles. The number of carbonyl (C=O) groups excluding carboxylic acids is 1. The fraction of sp³-hybridized carbons (Fsp3) is 0.562. The second kappa shape index (κ2) is 4.71. The molecule has 1 unspecified atom stereocenters. The van der Waals surface area contributed by atoms with E-state index in [-0.39, 0.29) is 36.6 Å². The molecule has 1 aliphatic carbocycles. The van der Waals surface area contributed by atoms with E-state index in [0.717, 1.165) is 16.9 Å². The first-order chi connectivity index (χ1) is 10.2. The van der Waals surface area contributed by atoms with Gasteiger partial charge < -0.3 is 19.7 Å². The van der Waals surface area contributed by atoms with Crippen LogP contribution in [0.15, 0.2) is 18.2 Å². The van der Waals surface area contributed by atoms with E-state index in [4.69, 9.17) is 9.47 Å². The van der Waals surface area contributed by atoms with Crippen molar-refractivity contribution < 1.29 is 24.5 Å². The Morgan fingerprint density at radius 3 is 2.76 bits per heavy atom. The topological polar surface area (TPSA) is 76.0 Å². The average Bonchev–Trinajstić information content (AvgIpc) is 3.11. The number of benzene rings is 1. The zero-order valence-electron chi connectivity index (χ0n) is 11.6. The van der Waals surface area contributed by atoms with E-state index < -0.39 is 6.10 Å². The largest absolute Gasteiger partial charge is 0.489 e. The minimum atomic E-state index is -0.522. The van der Waals surface area contributed by atoms with Gasteiger partial charge in [0.25, 0.3) is 0 Å². The fourth-order valence-corrected chi connectivity index (χ4v) is 3.98. The number of esters is 1. The molecule has 0 aromatic heterocycles. The number of para-hydroxylation sites is 1. The smallest absolute Gasteiger partial charge is 0.306 e. The second-order valence-electron chi connectivity index (χ2n) is 6.11. The first-order valence-electron chi connectivity index (χ1n) is 7.47. The van der Waals surface area contributed by atoms with E-state index in [1.54, 1.807) is 0 Å². The predicted molar refractivity (Wildman–Crippen MR) is 72.9 cm³/mol. The Labute approximate surface area is 122 Å². The highest BCUT2D eigenvalue weighted by Crippen LogP contribution is 2.53. The van der Waals surface area contributed by atoms with E-state index in [0.29, 0.717) is 19.3 Å². The summed E-state index contributed by atoms with van der Waals surface area (Å²) < 4.78 is 11.4. The Kier molecular flexibility index (Phi) is 2.94. The summed E-state index contributed by atoms with van der Waals surface area (Å²) in [4.78, 5) is 11.3. The molecule has 1 aromatic carbocycles. The molecule has 112 valence electrons. The molecular weight excluding hydrogens is 272 g/mol. The maximum absolute atomic E-state index is 11.3. The van der Waals surface area contributed by atoms with Gasteiger partial charge in [-0.2, -0.15) is 0 Å². The van der Waals surface area contributed by atoms with Gasteiger partial charge in [-0.05, 0) is 6.42 Å². The lowest BCUT2D eigenvalue weighted by molar-refractivity contribution is -0.141. The van der Waals surface area contributed by atoms with Crippen molar-refractivity contribution in [1.29, 1.82) is 0 Å². The van der Waals surface area contributed by atoms with Crippen LogP contribution in [-0.2, 0) is 9.53 Å². The van der Waals surface area contributed by atoms with E-state index in [1.807, 2.05) is 18.2 Å². The van der Waals surface area contributed by atoms with Crippen LogP contribution in [0, 0.1) is 5.92 Å². The molecular formula is C16H18O5. The number of rotatable bonds is 2. The van der Waals surface area contributed by atoms with Gasteiger partial charge in [0.05, 0.1) is 6.10 Å². The Bertz CT molecular complexity index is 584. The summed E-state index contributed by atoms with van der Waals surface area (Å²) in [5, 5.41) is 19.6. The highest BCUT2D eigenvalue weighted by Gasteiger charge is 2.50. The minimum absolute atomic E-state index is 0.0251. The summed E-state index contributed by atoms with van der Waals surface area (Å²) >= 11 is 0. The highest BCUT2D eigenvalue weighted by atomic mass is 16.6. The number of ether oxygens (including phenoxy) is 2. The molecule has 1 aromatic rings. The monoisotopic (exact) mass is 290 g/mol. The van der Waals surface area contributed by atoms with Crippen LogP contribution in [0.1, 0.15) is 42.4 Å². The van der Waals surface area contributed by atoms with Gasteiger partial charge in [-0.3, -0.25) is 4.79 Å². The number of cyclic esters (lactones) is 1. The van der Waals surface area contributed by atoms with Crippen molar-refractivity contribution in [3.63, 3.8) is 0 Å². The molecule has 3 aliphatic rings. The Morgan fingerprint density at radius 1 is 1.24 bits per heavy atom. The molecule has 2 heterocycles. The first kappa shape index (κ1) is 13.1. The van der Waals surface area contributed by atoms with Crippen molar-refractivity contribution in [1.82, 2.24) is 0 Å². The lowest BCUT2D eigenvalue weighted by Crippen LogP contribution is -2.22. The number of hydrogen-bond acceptors (Lipinski definition) is 5. The molecule has 2 fully saturated rings. The van der Waals surface area contributed by atoms with Crippen molar-refractivity contribution in [3.05, 3.63) is 29.3 Å². The molecule has 21 heavy (non-hydrogen) atoms. The summed E-state index contributed by atoms with van der Waals surface area (Å²) in [5.74, 6) is 0.465. The van der Waals surface area contributed by atoms with Gasteiger partial charge in [0, 0.05) is 42.4 Å². The van der Waals surface area contributed by atoms with Gasteiger partial charge in [-0.25, -0.2) is 0 Å². The van der Waals surface area contributed by atoms with Gasteiger partial charge >= 0.3 is 5.97 Å². The van der Waals surface area contributed by atoms with Crippen molar-refractivity contribution in [2.45, 2.75) is 43.5 Å². The third-order valence-corrected chi connectivity index (χ3v) is 4.98. The molecule has 5 heteroatoms. The first-order valence-corrected chi connectivity index (χ1v) is 7.47. The standard InChI is InChI=1S/C16H18O5/c17-7-10-11(18)6-13-15(10)9-3-1-2-8(16(9)21-13)12-4-5-14(19)20-12/h1-3,10-13,15,17-18H,4-7H2/t10-,11+,12?,13-,15+/m0/s1. The van der Waals surface area contributed by atoms with Crippen LogP contribution in [0.5, 0.6) is 5.75 Å². The lowest BCUT2D eigenvalue weighted by Gasteiger charge is -2.19. The molecule has 5 atom stereocenters.